The zero-order valence-electron chi connectivity index (χ0n) is 11.5. The Balaban J connectivity index is 1.70. The Labute approximate surface area is 111 Å². The number of nitrogens with zero attached hydrogens (tertiary/aromatic N) is 1. The van der Waals surface area contributed by atoms with E-state index in [-0.39, 0.29) is 0 Å². The third-order valence-corrected chi connectivity index (χ3v) is 3.88. The van der Waals surface area contributed by atoms with E-state index in [0.717, 1.165) is 25.3 Å². The van der Waals surface area contributed by atoms with Crippen LogP contribution in [0.25, 0.3) is 0 Å². The first-order chi connectivity index (χ1) is 8.74. The van der Waals surface area contributed by atoms with Crippen molar-refractivity contribution in [2.24, 2.45) is 11.7 Å². The van der Waals surface area contributed by atoms with E-state index in [2.05, 4.69) is 42.2 Å². The Kier molecular flexibility index (Phi) is 5.21. The molecule has 0 aromatic heterocycles. The Morgan fingerprint density at radius 3 is 2.83 bits per heavy atom. The molecular formula is C16H26N2. The summed E-state index contributed by atoms with van der Waals surface area (Å²) < 4.78 is 0. The summed E-state index contributed by atoms with van der Waals surface area (Å²) in [6.45, 7) is 5.89. The maximum Gasteiger partial charge on any atom is 0.0170 e. The quantitative estimate of drug-likeness (QED) is 0.865. The number of piperidine rings is 1. The van der Waals surface area contributed by atoms with Crippen molar-refractivity contribution >= 4 is 0 Å². The average Bonchev–Trinajstić information content (AvgIpc) is 2.38. The lowest BCUT2D eigenvalue weighted by Crippen LogP contribution is -2.42. The molecule has 0 bridgehead atoms. The van der Waals surface area contributed by atoms with E-state index >= 15 is 0 Å². The first kappa shape index (κ1) is 13.6. The third kappa shape index (κ3) is 4.43. The van der Waals surface area contributed by atoms with Gasteiger partial charge < -0.3 is 10.6 Å². The van der Waals surface area contributed by atoms with Gasteiger partial charge in [0.25, 0.3) is 0 Å². The predicted octanol–water partition coefficient (Wildman–Crippen LogP) is 2.68. The summed E-state index contributed by atoms with van der Waals surface area (Å²) in [5, 5.41) is 0. The van der Waals surface area contributed by atoms with Crippen LogP contribution in [0.4, 0.5) is 0 Å². The summed E-state index contributed by atoms with van der Waals surface area (Å²) in [5.41, 5.74) is 7.66. The normalized spacial score (nSPS) is 22.9. The molecule has 2 heteroatoms. The van der Waals surface area contributed by atoms with Crippen molar-refractivity contribution in [3.05, 3.63) is 35.9 Å². The molecule has 1 aromatic rings. The van der Waals surface area contributed by atoms with Crippen LogP contribution in [0, 0.1) is 5.92 Å². The molecule has 0 saturated carbocycles. The zero-order chi connectivity index (χ0) is 12.8. The fourth-order valence-electron chi connectivity index (χ4n) is 2.87. The topological polar surface area (TPSA) is 29.3 Å². The van der Waals surface area contributed by atoms with Gasteiger partial charge in [0, 0.05) is 19.1 Å². The lowest BCUT2D eigenvalue weighted by atomic mass is 9.99. The molecule has 0 radical (unpaired) electrons. The maximum atomic E-state index is 6.26. The number of benzene rings is 1. The molecule has 1 heterocycles. The van der Waals surface area contributed by atoms with E-state index < -0.39 is 0 Å². The highest BCUT2D eigenvalue weighted by atomic mass is 15.1. The molecule has 18 heavy (non-hydrogen) atoms. The van der Waals surface area contributed by atoms with Gasteiger partial charge in [0.05, 0.1) is 0 Å². The summed E-state index contributed by atoms with van der Waals surface area (Å²) in [6, 6.07) is 11.0. The van der Waals surface area contributed by atoms with Gasteiger partial charge in [-0.3, -0.25) is 0 Å². The second kappa shape index (κ2) is 6.91. The van der Waals surface area contributed by atoms with E-state index in [0.29, 0.717) is 6.04 Å². The SMILES string of the molecule is CC1CCCN(CC(N)CCc2ccccc2)C1. The van der Waals surface area contributed by atoms with Crippen molar-refractivity contribution in [3.63, 3.8) is 0 Å². The van der Waals surface area contributed by atoms with Crippen LogP contribution in [0.5, 0.6) is 0 Å². The zero-order valence-corrected chi connectivity index (χ0v) is 11.5. The first-order valence-electron chi connectivity index (χ1n) is 7.26. The molecule has 2 nitrogen and oxygen atoms in total. The van der Waals surface area contributed by atoms with Crippen LogP contribution in [0.15, 0.2) is 30.3 Å². The Morgan fingerprint density at radius 2 is 2.11 bits per heavy atom. The Hall–Kier alpha value is -0.860. The minimum atomic E-state index is 0.315. The van der Waals surface area contributed by atoms with Gasteiger partial charge in [0.15, 0.2) is 0 Å². The van der Waals surface area contributed by atoms with Crippen LogP contribution in [0.1, 0.15) is 31.7 Å². The molecule has 0 amide bonds. The molecule has 1 aliphatic heterocycles. The van der Waals surface area contributed by atoms with Gasteiger partial charge in [0.1, 0.15) is 0 Å². The smallest absolute Gasteiger partial charge is 0.0170 e. The van der Waals surface area contributed by atoms with Gasteiger partial charge in [-0.1, -0.05) is 37.3 Å². The van der Waals surface area contributed by atoms with Crippen molar-refractivity contribution < 1.29 is 0 Å². The molecule has 100 valence electrons. The minimum Gasteiger partial charge on any atom is -0.327 e. The molecule has 1 fully saturated rings. The number of likely N-dealkylation sites (tertiary alicyclic amines) is 1. The van der Waals surface area contributed by atoms with Gasteiger partial charge >= 0.3 is 0 Å². The average molecular weight is 246 g/mol. The van der Waals surface area contributed by atoms with Crippen LogP contribution >= 0.6 is 0 Å². The van der Waals surface area contributed by atoms with Crippen molar-refractivity contribution in [1.82, 2.24) is 4.90 Å². The van der Waals surface area contributed by atoms with Crippen LogP contribution in [0.2, 0.25) is 0 Å². The summed E-state index contributed by atoms with van der Waals surface area (Å²) in [4.78, 5) is 2.55. The number of aryl methyl sites for hydroxylation is 1. The molecule has 1 aliphatic rings. The monoisotopic (exact) mass is 246 g/mol. The summed E-state index contributed by atoms with van der Waals surface area (Å²) >= 11 is 0. The molecule has 1 aromatic carbocycles. The third-order valence-electron chi connectivity index (χ3n) is 3.88. The largest absolute Gasteiger partial charge is 0.327 e. The van der Waals surface area contributed by atoms with Gasteiger partial charge in [-0.05, 0) is 43.7 Å². The highest BCUT2D eigenvalue weighted by molar-refractivity contribution is 5.14. The molecule has 2 rings (SSSR count). The molecule has 2 atom stereocenters. The fraction of sp³-hybridized carbons (Fsp3) is 0.625. The lowest BCUT2D eigenvalue weighted by Gasteiger charge is -2.32. The van der Waals surface area contributed by atoms with E-state index in [4.69, 9.17) is 5.73 Å². The Bertz CT molecular complexity index is 336. The van der Waals surface area contributed by atoms with Crippen LogP contribution in [0.3, 0.4) is 0 Å². The molecule has 0 aliphatic carbocycles. The van der Waals surface area contributed by atoms with Gasteiger partial charge in [-0.2, -0.15) is 0 Å². The maximum absolute atomic E-state index is 6.26. The predicted molar refractivity (Wildman–Crippen MR) is 77.6 cm³/mol. The van der Waals surface area contributed by atoms with Crippen molar-refractivity contribution in [3.8, 4) is 0 Å². The number of hydrogen-bond donors (Lipinski definition) is 1. The van der Waals surface area contributed by atoms with Gasteiger partial charge in [0.2, 0.25) is 0 Å². The van der Waals surface area contributed by atoms with E-state index in [1.54, 1.807) is 0 Å². The minimum absolute atomic E-state index is 0.315. The van der Waals surface area contributed by atoms with Crippen LogP contribution in [-0.2, 0) is 6.42 Å². The highest BCUT2D eigenvalue weighted by Crippen LogP contribution is 2.16. The second-order valence-corrected chi connectivity index (χ2v) is 5.79. The molecular weight excluding hydrogens is 220 g/mol. The van der Waals surface area contributed by atoms with E-state index in [9.17, 15) is 0 Å². The molecule has 2 N–H and O–H groups in total. The van der Waals surface area contributed by atoms with Crippen LogP contribution in [-0.4, -0.2) is 30.6 Å². The van der Waals surface area contributed by atoms with Crippen LogP contribution < -0.4 is 5.73 Å². The van der Waals surface area contributed by atoms with Gasteiger partial charge in [-0.15, -0.1) is 0 Å². The number of nitrogens with two attached hydrogens (primary N) is 1. The van der Waals surface area contributed by atoms with Crippen molar-refractivity contribution in [2.45, 2.75) is 38.6 Å². The Morgan fingerprint density at radius 1 is 1.33 bits per heavy atom. The summed E-state index contributed by atoms with van der Waals surface area (Å²) in [7, 11) is 0. The van der Waals surface area contributed by atoms with Gasteiger partial charge in [-0.25, -0.2) is 0 Å². The fourth-order valence-corrected chi connectivity index (χ4v) is 2.87. The number of hydrogen-bond acceptors (Lipinski definition) is 2. The first-order valence-corrected chi connectivity index (χ1v) is 7.26. The molecule has 0 spiro atoms. The molecule has 2 unspecified atom stereocenters. The highest BCUT2D eigenvalue weighted by Gasteiger charge is 2.17. The van der Waals surface area contributed by atoms with E-state index in [1.165, 1.54) is 31.5 Å². The second-order valence-electron chi connectivity index (χ2n) is 5.79. The standard InChI is InChI=1S/C16H26N2/c1-14-6-5-11-18(12-14)13-16(17)10-9-15-7-3-2-4-8-15/h2-4,7-8,14,16H,5-6,9-13,17H2,1H3. The van der Waals surface area contributed by atoms with E-state index in [1.807, 2.05) is 0 Å². The summed E-state index contributed by atoms with van der Waals surface area (Å²) in [5.74, 6) is 0.847. The molecule has 1 saturated heterocycles. The van der Waals surface area contributed by atoms with Crippen molar-refractivity contribution in [1.29, 1.82) is 0 Å². The summed E-state index contributed by atoms with van der Waals surface area (Å²) in [6.07, 6.45) is 4.92. The number of rotatable bonds is 5. The lowest BCUT2D eigenvalue weighted by molar-refractivity contribution is 0.172. The van der Waals surface area contributed by atoms with Crippen molar-refractivity contribution in [2.75, 3.05) is 19.6 Å².